The van der Waals surface area contributed by atoms with Crippen LogP contribution in [0.15, 0.2) is 0 Å². The van der Waals surface area contributed by atoms with Crippen LogP contribution in [0.5, 0.6) is 0 Å². The zero-order valence-corrected chi connectivity index (χ0v) is 20.3. The molecule has 0 fully saturated rings. The second kappa shape index (κ2) is 23.5. The van der Waals surface area contributed by atoms with Crippen LogP contribution in [0.3, 0.4) is 0 Å². The Morgan fingerprint density at radius 3 is 1.67 bits per heavy atom. The minimum absolute atomic E-state index is 0.0365. The molecule has 0 saturated heterocycles. The van der Waals surface area contributed by atoms with Gasteiger partial charge in [0.15, 0.2) is 0 Å². The molecule has 0 aliphatic carbocycles. The van der Waals surface area contributed by atoms with Crippen LogP contribution >= 0.6 is 0 Å². The predicted octanol–water partition coefficient (Wildman–Crippen LogP) is 5.65. The quantitative estimate of drug-likeness (QED) is 0.193. The van der Waals surface area contributed by atoms with Gasteiger partial charge in [0.05, 0.1) is 51.3 Å². The molecule has 182 valence electrons. The molecule has 0 saturated carbocycles. The van der Waals surface area contributed by atoms with Gasteiger partial charge in [0.2, 0.25) is 0 Å². The number of rotatable bonds is 24. The van der Waals surface area contributed by atoms with Gasteiger partial charge < -0.3 is 24.4 Å². The SMILES string of the molecule is CCCCCCCCCCCCCCCC(OC(C)COCCOCCO)C(C)O. The first-order chi connectivity index (χ1) is 14.6. The standard InChI is InChI=1S/C25H52O5/c1-4-5-6-7-8-9-10-11-12-13-14-15-16-17-25(24(3)27)30-23(2)22-29-21-20-28-19-18-26/h23-27H,4-22H2,1-3H3. The van der Waals surface area contributed by atoms with Gasteiger partial charge in [-0.1, -0.05) is 90.4 Å². The summed E-state index contributed by atoms with van der Waals surface area (Å²) in [5.41, 5.74) is 0. The summed E-state index contributed by atoms with van der Waals surface area (Å²) in [5, 5.41) is 18.7. The van der Waals surface area contributed by atoms with E-state index >= 15 is 0 Å². The Kier molecular flexibility index (Phi) is 23.3. The molecule has 5 nitrogen and oxygen atoms in total. The first-order valence-electron chi connectivity index (χ1n) is 12.7. The Labute approximate surface area is 186 Å². The number of unbranched alkanes of at least 4 members (excludes halogenated alkanes) is 12. The minimum atomic E-state index is -0.460. The maximum atomic E-state index is 10.0. The number of hydrogen-bond acceptors (Lipinski definition) is 5. The summed E-state index contributed by atoms with van der Waals surface area (Å²) in [6.45, 7) is 7.90. The summed E-state index contributed by atoms with van der Waals surface area (Å²) in [7, 11) is 0. The average Bonchev–Trinajstić information content (AvgIpc) is 2.73. The number of hydrogen-bond donors (Lipinski definition) is 2. The molecule has 0 heterocycles. The monoisotopic (exact) mass is 432 g/mol. The van der Waals surface area contributed by atoms with Crippen molar-refractivity contribution in [3.05, 3.63) is 0 Å². The molecular weight excluding hydrogens is 380 g/mol. The fourth-order valence-corrected chi connectivity index (χ4v) is 3.66. The molecule has 0 aromatic carbocycles. The molecule has 0 spiro atoms. The maximum absolute atomic E-state index is 10.0. The molecule has 5 heteroatoms. The van der Waals surface area contributed by atoms with Gasteiger partial charge in [0, 0.05) is 0 Å². The normalized spacial score (nSPS) is 14.7. The highest BCUT2D eigenvalue weighted by Gasteiger charge is 2.18. The van der Waals surface area contributed by atoms with Crippen molar-refractivity contribution in [1.82, 2.24) is 0 Å². The smallest absolute Gasteiger partial charge is 0.0836 e. The second-order valence-electron chi connectivity index (χ2n) is 8.67. The summed E-state index contributed by atoms with van der Waals surface area (Å²) in [6, 6.07) is 0. The molecule has 3 atom stereocenters. The molecule has 0 amide bonds. The fourth-order valence-electron chi connectivity index (χ4n) is 3.66. The highest BCUT2D eigenvalue weighted by Crippen LogP contribution is 2.16. The summed E-state index contributed by atoms with van der Waals surface area (Å²) in [6.07, 6.45) is 17.8. The first-order valence-corrected chi connectivity index (χ1v) is 12.7. The third kappa shape index (κ3) is 21.0. The van der Waals surface area contributed by atoms with Crippen molar-refractivity contribution in [3.8, 4) is 0 Å². The Balaban J connectivity index is 3.56. The molecule has 30 heavy (non-hydrogen) atoms. The van der Waals surface area contributed by atoms with Crippen LogP contribution in [0.2, 0.25) is 0 Å². The zero-order valence-electron chi connectivity index (χ0n) is 20.3. The van der Waals surface area contributed by atoms with Gasteiger partial charge in [-0.25, -0.2) is 0 Å². The van der Waals surface area contributed by atoms with Gasteiger partial charge >= 0.3 is 0 Å². The van der Waals surface area contributed by atoms with Gasteiger partial charge in [-0.05, 0) is 20.3 Å². The summed E-state index contributed by atoms with van der Waals surface area (Å²) < 4.78 is 16.7. The van der Waals surface area contributed by atoms with Gasteiger partial charge in [-0.2, -0.15) is 0 Å². The lowest BCUT2D eigenvalue weighted by molar-refractivity contribution is -0.0967. The summed E-state index contributed by atoms with van der Waals surface area (Å²) >= 11 is 0. The number of ether oxygens (including phenoxy) is 3. The van der Waals surface area contributed by atoms with Gasteiger partial charge in [0.1, 0.15) is 0 Å². The lowest BCUT2D eigenvalue weighted by atomic mass is 10.0. The van der Waals surface area contributed by atoms with Crippen molar-refractivity contribution in [2.24, 2.45) is 0 Å². The van der Waals surface area contributed by atoms with Crippen LogP contribution in [-0.2, 0) is 14.2 Å². The van der Waals surface area contributed by atoms with Crippen LogP contribution in [-0.4, -0.2) is 61.6 Å². The van der Waals surface area contributed by atoms with Crippen LogP contribution < -0.4 is 0 Å². The van der Waals surface area contributed by atoms with Gasteiger partial charge in [-0.15, -0.1) is 0 Å². The second-order valence-corrected chi connectivity index (χ2v) is 8.67. The Morgan fingerprint density at radius 1 is 0.667 bits per heavy atom. The Morgan fingerprint density at radius 2 is 1.17 bits per heavy atom. The van der Waals surface area contributed by atoms with Gasteiger partial charge in [-0.3, -0.25) is 0 Å². The third-order valence-corrected chi connectivity index (χ3v) is 5.50. The van der Waals surface area contributed by atoms with E-state index in [1.165, 1.54) is 77.0 Å². The lowest BCUT2D eigenvalue weighted by Crippen LogP contribution is -2.32. The molecule has 0 radical (unpaired) electrons. The molecule has 0 aliphatic heterocycles. The molecule has 0 aromatic rings. The molecular formula is C25H52O5. The van der Waals surface area contributed by atoms with E-state index in [2.05, 4.69) is 6.92 Å². The maximum Gasteiger partial charge on any atom is 0.0836 e. The largest absolute Gasteiger partial charge is 0.394 e. The highest BCUT2D eigenvalue weighted by atomic mass is 16.6. The minimum Gasteiger partial charge on any atom is -0.394 e. The van der Waals surface area contributed by atoms with Crippen molar-refractivity contribution in [3.63, 3.8) is 0 Å². The van der Waals surface area contributed by atoms with Crippen LogP contribution in [0.1, 0.15) is 111 Å². The van der Waals surface area contributed by atoms with E-state index in [0.717, 1.165) is 12.8 Å². The highest BCUT2D eigenvalue weighted by molar-refractivity contribution is 4.67. The average molecular weight is 433 g/mol. The van der Waals surface area contributed by atoms with E-state index in [1.54, 1.807) is 0 Å². The predicted molar refractivity (Wildman–Crippen MR) is 125 cm³/mol. The first kappa shape index (κ1) is 29.8. The molecule has 3 unspecified atom stereocenters. The Hall–Kier alpha value is -0.200. The van der Waals surface area contributed by atoms with E-state index < -0.39 is 6.10 Å². The molecule has 0 rings (SSSR count). The van der Waals surface area contributed by atoms with Crippen molar-refractivity contribution in [2.45, 2.75) is 129 Å². The van der Waals surface area contributed by atoms with Gasteiger partial charge in [0.25, 0.3) is 0 Å². The fraction of sp³-hybridized carbons (Fsp3) is 1.00. The summed E-state index contributed by atoms with van der Waals surface area (Å²) in [4.78, 5) is 0. The van der Waals surface area contributed by atoms with E-state index in [0.29, 0.717) is 26.4 Å². The van der Waals surface area contributed by atoms with Crippen molar-refractivity contribution >= 4 is 0 Å². The topological polar surface area (TPSA) is 68.2 Å². The van der Waals surface area contributed by atoms with Crippen molar-refractivity contribution in [1.29, 1.82) is 0 Å². The molecule has 0 aliphatic rings. The van der Waals surface area contributed by atoms with Crippen LogP contribution in [0.25, 0.3) is 0 Å². The lowest BCUT2D eigenvalue weighted by Gasteiger charge is -2.25. The van der Waals surface area contributed by atoms with E-state index in [9.17, 15) is 5.11 Å². The van der Waals surface area contributed by atoms with E-state index in [-0.39, 0.29) is 18.8 Å². The van der Waals surface area contributed by atoms with E-state index in [1.807, 2.05) is 13.8 Å². The number of aliphatic hydroxyl groups excluding tert-OH is 2. The van der Waals surface area contributed by atoms with Crippen LogP contribution in [0, 0.1) is 0 Å². The van der Waals surface area contributed by atoms with Crippen molar-refractivity contribution in [2.75, 3.05) is 33.0 Å². The molecule has 2 N–H and O–H groups in total. The molecule has 0 aromatic heterocycles. The zero-order chi connectivity index (χ0) is 22.3. The van der Waals surface area contributed by atoms with E-state index in [4.69, 9.17) is 19.3 Å². The Bertz CT molecular complexity index is 325. The third-order valence-electron chi connectivity index (χ3n) is 5.50. The number of aliphatic hydroxyl groups is 2. The van der Waals surface area contributed by atoms with Crippen molar-refractivity contribution < 1.29 is 24.4 Å². The molecule has 0 bridgehead atoms. The van der Waals surface area contributed by atoms with Crippen LogP contribution in [0.4, 0.5) is 0 Å². The summed E-state index contributed by atoms with van der Waals surface area (Å²) in [5.74, 6) is 0.